The molecule has 1 unspecified atom stereocenters. The van der Waals surface area contributed by atoms with Gasteiger partial charge in [0.15, 0.2) is 0 Å². The zero-order chi connectivity index (χ0) is 13.7. The summed E-state index contributed by atoms with van der Waals surface area (Å²) in [5, 5.41) is 4.41. The lowest BCUT2D eigenvalue weighted by Crippen LogP contribution is -2.18. The molecule has 0 spiro atoms. The van der Waals surface area contributed by atoms with Crippen LogP contribution in [0.25, 0.3) is 5.52 Å². The van der Waals surface area contributed by atoms with Crippen molar-refractivity contribution in [3.63, 3.8) is 0 Å². The molecule has 2 aromatic rings. The van der Waals surface area contributed by atoms with Crippen LogP contribution in [0.3, 0.4) is 0 Å². The Bertz CT molecular complexity index is 572. The van der Waals surface area contributed by atoms with Crippen LogP contribution in [0.1, 0.15) is 51.8 Å². The van der Waals surface area contributed by atoms with Gasteiger partial charge >= 0.3 is 0 Å². The van der Waals surface area contributed by atoms with Gasteiger partial charge < -0.3 is 4.98 Å². The maximum absolute atomic E-state index is 11.8. The van der Waals surface area contributed by atoms with Crippen molar-refractivity contribution in [1.82, 2.24) is 19.6 Å². The second-order valence-electron chi connectivity index (χ2n) is 5.10. The van der Waals surface area contributed by atoms with Crippen molar-refractivity contribution in [2.45, 2.75) is 52.4 Å². The number of fused-ring (bicyclic) bond motifs is 1. The Kier molecular flexibility index (Phi) is 4.71. The number of imidazole rings is 1. The molecule has 2 rings (SSSR count). The number of hydrogen-bond acceptors (Lipinski definition) is 3. The highest BCUT2D eigenvalue weighted by molar-refractivity contribution is 5.39. The fourth-order valence-corrected chi connectivity index (χ4v) is 2.38. The van der Waals surface area contributed by atoms with Gasteiger partial charge in [-0.25, -0.2) is 9.50 Å². The first-order chi connectivity index (χ1) is 9.24. The van der Waals surface area contributed by atoms with Crippen molar-refractivity contribution in [1.29, 1.82) is 0 Å². The molecule has 0 aliphatic carbocycles. The summed E-state index contributed by atoms with van der Waals surface area (Å²) in [5.41, 5.74) is 0.397. The first-order valence-electron chi connectivity index (χ1n) is 7.16. The van der Waals surface area contributed by atoms with Crippen molar-refractivity contribution in [2.75, 3.05) is 0 Å². The quantitative estimate of drug-likeness (QED) is 0.780. The molecule has 104 valence electrons. The van der Waals surface area contributed by atoms with Crippen molar-refractivity contribution < 1.29 is 0 Å². The number of aromatic nitrogens is 4. The summed E-state index contributed by atoms with van der Waals surface area (Å²) in [6, 6.07) is 0. The molecule has 1 N–H and O–H groups in total. The predicted octanol–water partition coefficient (Wildman–Crippen LogP) is 2.57. The van der Waals surface area contributed by atoms with E-state index in [4.69, 9.17) is 0 Å². The van der Waals surface area contributed by atoms with Crippen molar-refractivity contribution in [3.05, 3.63) is 28.7 Å². The maximum atomic E-state index is 11.8. The summed E-state index contributed by atoms with van der Waals surface area (Å²) in [7, 11) is 0. The number of nitrogens with zero attached hydrogens (tertiary/aromatic N) is 3. The van der Waals surface area contributed by atoms with Crippen LogP contribution in [0.2, 0.25) is 0 Å². The Hall–Kier alpha value is -1.65. The monoisotopic (exact) mass is 262 g/mol. The number of aromatic amines is 1. The highest BCUT2D eigenvalue weighted by atomic mass is 16.1. The summed E-state index contributed by atoms with van der Waals surface area (Å²) in [5.74, 6) is 1.36. The van der Waals surface area contributed by atoms with E-state index in [0.29, 0.717) is 11.4 Å². The summed E-state index contributed by atoms with van der Waals surface area (Å²) in [6.45, 7) is 4.41. The van der Waals surface area contributed by atoms with Crippen LogP contribution in [-0.4, -0.2) is 19.6 Å². The van der Waals surface area contributed by atoms with E-state index in [0.717, 1.165) is 18.7 Å². The highest BCUT2D eigenvalue weighted by Gasteiger charge is 2.11. The Labute approximate surface area is 113 Å². The second kappa shape index (κ2) is 6.50. The minimum atomic E-state index is -0.106. The molecular weight excluding hydrogens is 240 g/mol. The Morgan fingerprint density at radius 2 is 2.21 bits per heavy atom. The van der Waals surface area contributed by atoms with Crippen molar-refractivity contribution in [2.24, 2.45) is 5.92 Å². The van der Waals surface area contributed by atoms with Gasteiger partial charge in [-0.3, -0.25) is 4.79 Å². The van der Waals surface area contributed by atoms with E-state index in [1.807, 2.05) is 0 Å². The minimum absolute atomic E-state index is 0.106. The van der Waals surface area contributed by atoms with Gasteiger partial charge in [0.05, 0.1) is 6.20 Å². The van der Waals surface area contributed by atoms with Crippen LogP contribution in [0.4, 0.5) is 0 Å². The van der Waals surface area contributed by atoms with E-state index in [1.165, 1.54) is 31.9 Å². The summed E-state index contributed by atoms with van der Waals surface area (Å²) < 4.78 is 1.56. The average Bonchev–Trinajstić information content (AvgIpc) is 2.86. The summed E-state index contributed by atoms with van der Waals surface area (Å²) >= 11 is 0. The molecular formula is C14H22N4O. The highest BCUT2D eigenvalue weighted by Crippen LogP contribution is 2.16. The summed E-state index contributed by atoms with van der Waals surface area (Å²) in [6.07, 6.45) is 10.1. The Balaban J connectivity index is 2.08. The molecule has 5 heteroatoms. The molecule has 1 atom stereocenters. The van der Waals surface area contributed by atoms with Crippen LogP contribution in [0, 0.1) is 5.92 Å². The average molecular weight is 262 g/mol. The zero-order valence-electron chi connectivity index (χ0n) is 11.7. The van der Waals surface area contributed by atoms with Gasteiger partial charge in [-0.15, -0.1) is 0 Å². The number of H-pyrrole nitrogens is 1. The topological polar surface area (TPSA) is 63.1 Å². The van der Waals surface area contributed by atoms with Gasteiger partial charge in [0.2, 0.25) is 0 Å². The van der Waals surface area contributed by atoms with E-state index >= 15 is 0 Å². The number of unbranched alkanes of at least 4 members (excludes halogenated alkanes) is 2. The maximum Gasteiger partial charge on any atom is 0.276 e. The van der Waals surface area contributed by atoms with Crippen molar-refractivity contribution in [3.8, 4) is 0 Å². The molecule has 0 bridgehead atoms. The number of rotatable bonds is 7. The lowest BCUT2D eigenvalue weighted by atomic mass is 9.95. The molecule has 0 fully saturated rings. The van der Waals surface area contributed by atoms with Crippen LogP contribution < -0.4 is 5.56 Å². The molecule has 5 nitrogen and oxygen atoms in total. The molecule has 2 aromatic heterocycles. The van der Waals surface area contributed by atoms with Gasteiger partial charge in [-0.05, 0) is 5.92 Å². The molecule has 0 radical (unpaired) electrons. The SMILES string of the molecule is CCCCCC(CC)Cc1nn2cncc2c(=O)[nH]1. The van der Waals surface area contributed by atoms with Gasteiger partial charge in [0, 0.05) is 6.42 Å². The zero-order valence-corrected chi connectivity index (χ0v) is 11.7. The predicted molar refractivity (Wildman–Crippen MR) is 75.2 cm³/mol. The summed E-state index contributed by atoms with van der Waals surface area (Å²) in [4.78, 5) is 18.6. The molecule has 0 aliphatic rings. The standard InChI is InChI=1S/C14H22N4O/c1-3-5-6-7-11(4-2)8-13-16-14(19)12-9-15-10-18(12)17-13/h9-11H,3-8H2,1-2H3,(H,16,17,19). The first kappa shape index (κ1) is 13.8. The van der Waals surface area contributed by atoms with Crippen LogP contribution in [0.5, 0.6) is 0 Å². The minimum Gasteiger partial charge on any atom is -0.307 e. The molecule has 0 saturated heterocycles. The Morgan fingerprint density at radius 3 is 2.95 bits per heavy atom. The normalized spacial score (nSPS) is 12.9. The molecule has 0 amide bonds. The number of hydrogen-bond donors (Lipinski definition) is 1. The number of nitrogens with one attached hydrogen (secondary N) is 1. The van der Waals surface area contributed by atoms with Gasteiger partial charge in [-0.1, -0.05) is 46.0 Å². The van der Waals surface area contributed by atoms with E-state index < -0.39 is 0 Å². The van der Waals surface area contributed by atoms with Crippen molar-refractivity contribution >= 4 is 5.52 Å². The van der Waals surface area contributed by atoms with E-state index in [2.05, 4.69) is 28.9 Å². The van der Waals surface area contributed by atoms with Crippen LogP contribution in [-0.2, 0) is 6.42 Å². The van der Waals surface area contributed by atoms with Gasteiger partial charge in [0.25, 0.3) is 5.56 Å². The lowest BCUT2D eigenvalue weighted by molar-refractivity contribution is 0.431. The fraction of sp³-hybridized carbons (Fsp3) is 0.643. The van der Waals surface area contributed by atoms with E-state index in [9.17, 15) is 4.79 Å². The third-order valence-corrected chi connectivity index (χ3v) is 3.61. The van der Waals surface area contributed by atoms with Crippen LogP contribution in [0.15, 0.2) is 17.3 Å². The Morgan fingerprint density at radius 1 is 1.37 bits per heavy atom. The molecule has 0 aliphatic heterocycles. The third kappa shape index (κ3) is 3.43. The molecule has 19 heavy (non-hydrogen) atoms. The third-order valence-electron chi connectivity index (χ3n) is 3.61. The smallest absolute Gasteiger partial charge is 0.276 e. The molecule has 0 saturated carbocycles. The second-order valence-corrected chi connectivity index (χ2v) is 5.10. The molecule has 0 aromatic carbocycles. The van der Waals surface area contributed by atoms with Crippen LogP contribution >= 0.6 is 0 Å². The van der Waals surface area contributed by atoms with E-state index in [1.54, 1.807) is 10.8 Å². The largest absolute Gasteiger partial charge is 0.307 e. The molecule has 2 heterocycles. The van der Waals surface area contributed by atoms with Gasteiger partial charge in [0.1, 0.15) is 17.7 Å². The van der Waals surface area contributed by atoms with E-state index in [-0.39, 0.29) is 5.56 Å². The fourth-order valence-electron chi connectivity index (χ4n) is 2.38. The first-order valence-corrected chi connectivity index (χ1v) is 7.16. The lowest BCUT2D eigenvalue weighted by Gasteiger charge is -2.13. The van der Waals surface area contributed by atoms with Gasteiger partial charge in [-0.2, -0.15) is 5.10 Å².